The fourth-order valence-corrected chi connectivity index (χ4v) is 2.29. The summed E-state index contributed by atoms with van der Waals surface area (Å²) < 4.78 is 1.60. The number of benzene rings is 1. The largest absolute Gasteiger partial charge is 0.360 e. The third-order valence-corrected chi connectivity index (χ3v) is 3.16. The van der Waals surface area contributed by atoms with Crippen LogP contribution in [-0.4, -0.2) is 30.0 Å². The van der Waals surface area contributed by atoms with Crippen LogP contribution in [0.5, 0.6) is 0 Å². The molecule has 118 valence electrons. The van der Waals surface area contributed by atoms with E-state index >= 15 is 0 Å². The number of para-hydroxylation sites is 2. The maximum atomic E-state index is 11.6. The number of imidazole rings is 1. The van der Waals surface area contributed by atoms with Crippen LogP contribution in [0.25, 0.3) is 16.9 Å². The quantitative estimate of drug-likeness (QED) is 0.589. The van der Waals surface area contributed by atoms with Crippen LogP contribution in [-0.2, 0) is 0 Å². The topological polar surface area (TPSA) is 98.8 Å². The monoisotopic (exact) mass is 312 g/mol. The van der Waals surface area contributed by atoms with Crippen molar-refractivity contribution in [2.45, 2.75) is 26.3 Å². The Balaban J connectivity index is 2.23. The van der Waals surface area contributed by atoms with Gasteiger partial charge in [-0.2, -0.15) is 0 Å². The number of hydrogen-bond acceptors (Lipinski definition) is 6. The van der Waals surface area contributed by atoms with E-state index in [0.29, 0.717) is 0 Å². The molecule has 0 radical (unpaired) electrons. The van der Waals surface area contributed by atoms with Crippen molar-refractivity contribution < 1.29 is 4.92 Å². The molecule has 0 spiro atoms. The summed E-state index contributed by atoms with van der Waals surface area (Å²) in [4.78, 5) is 23.5. The van der Waals surface area contributed by atoms with Crippen LogP contribution in [0.15, 0.2) is 36.9 Å². The molecule has 0 atom stereocenters. The maximum absolute atomic E-state index is 11.6. The number of nitro groups is 1. The molecule has 0 bridgehead atoms. The molecule has 1 N–H and O–H groups in total. The van der Waals surface area contributed by atoms with Gasteiger partial charge < -0.3 is 5.32 Å². The van der Waals surface area contributed by atoms with Crippen LogP contribution in [0.3, 0.4) is 0 Å². The van der Waals surface area contributed by atoms with Crippen molar-refractivity contribution in [2.75, 3.05) is 5.32 Å². The Kier molecular flexibility index (Phi) is 3.44. The third kappa shape index (κ3) is 2.83. The molecular formula is C15H16N6O2. The maximum Gasteiger partial charge on any atom is 0.354 e. The van der Waals surface area contributed by atoms with Crippen molar-refractivity contribution in [3.05, 3.63) is 47.0 Å². The number of aromatic nitrogens is 4. The molecule has 0 saturated carbocycles. The average molecular weight is 312 g/mol. The zero-order chi connectivity index (χ0) is 16.6. The van der Waals surface area contributed by atoms with Crippen molar-refractivity contribution in [3.8, 4) is 5.82 Å². The minimum Gasteiger partial charge on any atom is -0.360 e. The smallest absolute Gasteiger partial charge is 0.354 e. The minimum atomic E-state index is -0.474. The molecular weight excluding hydrogens is 296 g/mol. The molecule has 3 aromatic rings. The molecule has 8 heteroatoms. The summed E-state index contributed by atoms with van der Waals surface area (Å²) in [5, 5.41) is 14.7. The van der Waals surface area contributed by atoms with Crippen LogP contribution in [0.1, 0.15) is 20.8 Å². The Morgan fingerprint density at radius 1 is 1.17 bits per heavy atom. The van der Waals surface area contributed by atoms with E-state index in [9.17, 15) is 10.1 Å². The van der Waals surface area contributed by atoms with Crippen LogP contribution < -0.4 is 5.32 Å². The summed E-state index contributed by atoms with van der Waals surface area (Å²) >= 11 is 0. The van der Waals surface area contributed by atoms with Gasteiger partial charge in [0.05, 0.1) is 16.0 Å². The van der Waals surface area contributed by atoms with E-state index in [1.54, 1.807) is 4.57 Å². The first-order chi connectivity index (χ1) is 10.9. The van der Waals surface area contributed by atoms with Gasteiger partial charge in [0.25, 0.3) is 0 Å². The van der Waals surface area contributed by atoms with E-state index in [4.69, 9.17) is 0 Å². The highest BCUT2D eigenvalue weighted by Gasteiger charge is 2.27. The van der Waals surface area contributed by atoms with Crippen LogP contribution in [0, 0.1) is 10.1 Å². The van der Waals surface area contributed by atoms with Crippen molar-refractivity contribution in [3.63, 3.8) is 0 Å². The van der Waals surface area contributed by atoms with E-state index in [1.807, 2.05) is 45.0 Å². The molecule has 0 fully saturated rings. The number of hydrogen-bond donors (Lipinski definition) is 1. The Morgan fingerprint density at radius 3 is 2.61 bits per heavy atom. The lowest BCUT2D eigenvalue weighted by Gasteiger charge is -2.21. The van der Waals surface area contributed by atoms with Gasteiger partial charge in [-0.05, 0) is 32.9 Å². The Morgan fingerprint density at radius 2 is 1.91 bits per heavy atom. The van der Waals surface area contributed by atoms with Gasteiger partial charge in [-0.15, -0.1) is 0 Å². The highest BCUT2D eigenvalue weighted by molar-refractivity contribution is 5.79. The summed E-state index contributed by atoms with van der Waals surface area (Å²) in [6, 6.07) is 7.39. The number of nitrogens with one attached hydrogen (secondary N) is 1. The van der Waals surface area contributed by atoms with Gasteiger partial charge in [0.1, 0.15) is 12.7 Å². The lowest BCUT2D eigenvalue weighted by Crippen LogP contribution is -2.27. The molecule has 8 nitrogen and oxygen atoms in total. The Hall–Kier alpha value is -3.03. The molecule has 0 aliphatic rings. The molecule has 0 unspecified atom stereocenters. The highest BCUT2D eigenvalue weighted by atomic mass is 16.6. The van der Waals surface area contributed by atoms with Gasteiger partial charge in [0.2, 0.25) is 11.6 Å². The average Bonchev–Trinajstić information content (AvgIpc) is 2.88. The van der Waals surface area contributed by atoms with Crippen molar-refractivity contribution >= 4 is 22.5 Å². The van der Waals surface area contributed by atoms with Gasteiger partial charge in [-0.25, -0.2) is 15.0 Å². The highest BCUT2D eigenvalue weighted by Crippen LogP contribution is 2.31. The summed E-state index contributed by atoms with van der Waals surface area (Å²) in [5.74, 6) is 0.371. The second kappa shape index (κ2) is 5.31. The molecule has 0 amide bonds. The van der Waals surface area contributed by atoms with Gasteiger partial charge in [-0.3, -0.25) is 14.7 Å². The first-order valence-electron chi connectivity index (χ1n) is 7.07. The molecule has 0 aliphatic carbocycles. The second-order valence-corrected chi connectivity index (χ2v) is 6.13. The van der Waals surface area contributed by atoms with Gasteiger partial charge in [-0.1, -0.05) is 12.1 Å². The molecule has 2 heterocycles. The van der Waals surface area contributed by atoms with E-state index in [-0.39, 0.29) is 22.9 Å². The first kappa shape index (κ1) is 14.9. The van der Waals surface area contributed by atoms with Crippen molar-refractivity contribution in [1.82, 2.24) is 19.5 Å². The number of fused-ring (bicyclic) bond motifs is 1. The molecule has 0 saturated heterocycles. The summed E-state index contributed by atoms with van der Waals surface area (Å²) in [6.07, 6.45) is 2.84. The number of nitrogens with zero attached hydrogens (tertiary/aromatic N) is 5. The van der Waals surface area contributed by atoms with Crippen LogP contribution in [0.4, 0.5) is 11.5 Å². The summed E-state index contributed by atoms with van der Waals surface area (Å²) in [5.41, 5.74) is 0.945. The number of anilines is 1. The van der Waals surface area contributed by atoms with Crippen LogP contribution >= 0.6 is 0 Å². The summed E-state index contributed by atoms with van der Waals surface area (Å²) in [7, 11) is 0. The fourth-order valence-electron chi connectivity index (χ4n) is 2.29. The Labute approximate surface area is 132 Å². The molecule has 3 rings (SSSR count). The van der Waals surface area contributed by atoms with E-state index in [0.717, 1.165) is 11.0 Å². The predicted octanol–water partition coefficient (Wildman–Crippen LogP) is 2.93. The molecule has 23 heavy (non-hydrogen) atoms. The summed E-state index contributed by atoms with van der Waals surface area (Å²) in [6.45, 7) is 5.72. The zero-order valence-electron chi connectivity index (χ0n) is 13.0. The van der Waals surface area contributed by atoms with E-state index < -0.39 is 4.92 Å². The van der Waals surface area contributed by atoms with Gasteiger partial charge >= 0.3 is 5.69 Å². The van der Waals surface area contributed by atoms with Gasteiger partial charge in [0.15, 0.2) is 0 Å². The van der Waals surface area contributed by atoms with E-state index in [2.05, 4.69) is 20.3 Å². The fraction of sp³-hybridized carbons (Fsp3) is 0.267. The molecule has 1 aromatic carbocycles. The SMILES string of the molecule is CC(C)(C)Nc1ncnc(-n2cnc3ccccc32)c1[N+](=O)[O-]. The Bertz CT molecular complexity index is 881. The van der Waals surface area contributed by atoms with Crippen molar-refractivity contribution in [2.24, 2.45) is 0 Å². The van der Waals surface area contributed by atoms with E-state index in [1.165, 1.54) is 12.7 Å². The third-order valence-electron chi connectivity index (χ3n) is 3.16. The lowest BCUT2D eigenvalue weighted by molar-refractivity contribution is -0.384. The zero-order valence-corrected chi connectivity index (χ0v) is 13.0. The molecule has 0 aliphatic heterocycles. The van der Waals surface area contributed by atoms with Crippen molar-refractivity contribution in [1.29, 1.82) is 0 Å². The number of rotatable bonds is 3. The standard InChI is InChI=1S/C15H16N6O2/c1-15(2,3)19-13-12(21(22)23)14(17-8-16-13)20-9-18-10-6-4-5-7-11(10)20/h4-9H,1-3H3,(H,16,17,19). The van der Waals surface area contributed by atoms with Crippen LogP contribution in [0.2, 0.25) is 0 Å². The molecule has 2 aromatic heterocycles. The predicted molar refractivity (Wildman–Crippen MR) is 86.7 cm³/mol. The van der Waals surface area contributed by atoms with Gasteiger partial charge in [0, 0.05) is 5.54 Å². The lowest BCUT2D eigenvalue weighted by atomic mass is 10.1. The normalized spacial score (nSPS) is 11.6. The second-order valence-electron chi connectivity index (χ2n) is 6.13. The minimum absolute atomic E-state index is 0.175. The first-order valence-corrected chi connectivity index (χ1v) is 7.07.